The molecule has 126 valence electrons. The Kier molecular flexibility index (Phi) is 4.88. The Bertz CT molecular complexity index is 948. The van der Waals surface area contributed by atoms with Crippen LogP contribution in [0, 0.1) is 6.92 Å². The number of aryl methyl sites for hydroxylation is 1. The second kappa shape index (κ2) is 7.09. The molecule has 1 amide bonds. The number of carboxylic acid groups (broad SMARTS) is 1. The molecule has 0 aliphatic carbocycles. The lowest BCUT2D eigenvalue weighted by Crippen LogP contribution is -2.14. The fourth-order valence-corrected chi connectivity index (χ4v) is 3.58. The highest BCUT2D eigenvalue weighted by atomic mass is 35.5. The van der Waals surface area contributed by atoms with Crippen molar-refractivity contribution in [2.24, 2.45) is 0 Å². The Hall–Kier alpha value is -2.63. The molecule has 6 heteroatoms. The first kappa shape index (κ1) is 17.2. The van der Waals surface area contributed by atoms with E-state index in [-0.39, 0.29) is 17.2 Å². The second-order valence-corrected chi connectivity index (χ2v) is 6.81. The number of aromatic carboxylic acids is 1. The first-order chi connectivity index (χ1) is 12.0. The molecule has 0 saturated heterocycles. The summed E-state index contributed by atoms with van der Waals surface area (Å²) >= 11 is 7.25. The van der Waals surface area contributed by atoms with Gasteiger partial charge in [0.15, 0.2) is 0 Å². The van der Waals surface area contributed by atoms with E-state index < -0.39 is 5.97 Å². The van der Waals surface area contributed by atoms with E-state index >= 15 is 0 Å². The van der Waals surface area contributed by atoms with Crippen molar-refractivity contribution in [3.05, 3.63) is 75.6 Å². The van der Waals surface area contributed by atoms with E-state index in [2.05, 4.69) is 5.32 Å². The Morgan fingerprint density at radius 2 is 1.84 bits per heavy atom. The molecular weight excluding hydrogens is 358 g/mol. The topological polar surface area (TPSA) is 66.4 Å². The number of rotatable bonds is 4. The quantitative estimate of drug-likeness (QED) is 0.651. The van der Waals surface area contributed by atoms with Gasteiger partial charge in [-0.05, 0) is 36.8 Å². The van der Waals surface area contributed by atoms with Crippen LogP contribution in [0.1, 0.15) is 26.3 Å². The minimum Gasteiger partial charge on any atom is -0.478 e. The van der Waals surface area contributed by atoms with E-state index in [9.17, 15) is 14.7 Å². The molecule has 0 aliphatic heterocycles. The van der Waals surface area contributed by atoms with E-state index in [4.69, 9.17) is 11.6 Å². The molecule has 1 aromatic heterocycles. The molecule has 0 fully saturated rings. The molecule has 0 saturated carbocycles. The van der Waals surface area contributed by atoms with E-state index in [0.717, 1.165) is 5.56 Å². The first-order valence-electron chi connectivity index (χ1n) is 7.44. The maximum absolute atomic E-state index is 12.4. The van der Waals surface area contributed by atoms with Crippen molar-refractivity contribution in [2.45, 2.75) is 6.92 Å². The van der Waals surface area contributed by atoms with Gasteiger partial charge in [-0.1, -0.05) is 41.4 Å². The molecule has 3 aromatic rings. The molecule has 2 aromatic carbocycles. The third kappa shape index (κ3) is 3.73. The minimum atomic E-state index is -1.10. The Morgan fingerprint density at radius 3 is 2.48 bits per heavy atom. The van der Waals surface area contributed by atoms with Crippen LogP contribution >= 0.6 is 22.9 Å². The van der Waals surface area contributed by atoms with Gasteiger partial charge in [-0.15, -0.1) is 11.3 Å². The van der Waals surface area contributed by atoms with Crippen LogP contribution in [0.2, 0.25) is 5.02 Å². The number of nitrogens with one attached hydrogen (secondary N) is 1. The number of halogens is 1. The molecule has 3 rings (SSSR count). The van der Waals surface area contributed by atoms with Crippen molar-refractivity contribution in [2.75, 3.05) is 5.32 Å². The Morgan fingerprint density at radius 1 is 1.12 bits per heavy atom. The number of amides is 1. The van der Waals surface area contributed by atoms with Gasteiger partial charge in [0.05, 0.1) is 10.6 Å². The van der Waals surface area contributed by atoms with Gasteiger partial charge in [-0.3, -0.25) is 4.79 Å². The van der Waals surface area contributed by atoms with Crippen LogP contribution in [-0.4, -0.2) is 17.0 Å². The smallest absolute Gasteiger partial charge is 0.339 e. The van der Waals surface area contributed by atoms with E-state index in [0.29, 0.717) is 21.0 Å². The second-order valence-electron chi connectivity index (χ2n) is 5.49. The number of hydrogen-bond acceptors (Lipinski definition) is 3. The number of carboxylic acids is 1. The summed E-state index contributed by atoms with van der Waals surface area (Å²) in [6.07, 6.45) is 0. The summed E-state index contributed by atoms with van der Waals surface area (Å²) in [7, 11) is 0. The summed E-state index contributed by atoms with van der Waals surface area (Å²) in [6, 6.07) is 14.0. The van der Waals surface area contributed by atoms with Gasteiger partial charge in [-0.2, -0.15) is 0 Å². The van der Waals surface area contributed by atoms with Crippen LogP contribution in [0.5, 0.6) is 0 Å². The lowest BCUT2D eigenvalue weighted by molar-refractivity contribution is 0.0699. The first-order valence-corrected chi connectivity index (χ1v) is 8.70. The normalized spacial score (nSPS) is 10.5. The van der Waals surface area contributed by atoms with Crippen LogP contribution < -0.4 is 5.32 Å². The Balaban J connectivity index is 1.96. The van der Waals surface area contributed by atoms with Gasteiger partial charge >= 0.3 is 5.97 Å². The number of carbonyl (C=O) groups excluding carboxylic acids is 1. The van der Waals surface area contributed by atoms with Gasteiger partial charge in [0.1, 0.15) is 5.56 Å². The molecule has 1 heterocycles. The lowest BCUT2D eigenvalue weighted by atomic mass is 10.1. The van der Waals surface area contributed by atoms with Crippen LogP contribution in [0.25, 0.3) is 10.4 Å². The van der Waals surface area contributed by atoms with Crippen molar-refractivity contribution in [3.63, 3.8) is 0 Å². The largest absolute Gasteiger partial charge is 0.478 e. The summed E-state index contributed by atoms with van der Waals surface area (Å²) in [4.78, 5) is 24.7. The number of thiophene rings is 1. The van der Waals surface area contributed by atoms with E-state index in [1.165, 1.54) is 11.3 Å². The zero-order valence-corrected chi connectivity index (χ0v) is 14.8. The average molecular weight is 372 g/mol. The van der Waals surface area contributed by atoms with Crippen molar-refractivity contribution in [3.8, 4) is 10.4 Å². The third-order valence-corrected chi connectivity index (χ3v) is 4.92. The molecule has 25 heavy (non-hydrogen) atoms. The standard InChI is InChI=1S/C19H14ClNO3S/c1-11-5-7-12(8-6-11)18(22)21-15-10-25-17(16(15)19(23)24)13-3-2-4-14(20)9-13/h2-10H,1H3,(H,21,22)(H,23,24). The highest BCUT2D eigenvalue weighted by molar-refractivity contribution is 7.14. The molecule has 0 bridgehead atoms. The van der Waals surface area contributed by atoms with Crippen molar-refractivity contribution in [1.29, 1.82) is 0 Å². The summed E-state index contributed by atoms with van der Waals surface area (Å²) in [5.74, 6) is -1.45. The van der Waals surface area contributed by atoms with Gasteiger partial charge in [0.2, 0.25) is 0 Å². The summed E-state index contributed by atoms with van der Waals surface area (Å²) in [5.41, 5.74) is 2.55. The average Bonchev–Trinajstić information content (AvgIpc) is 2.99. The minimum absolute atomic E-state index is 0.0627. The van der Waals surface area contributed by atoms with E-state index in [1.807, 2.05) is 19.1 Å². The predicted octanol–water partition coefficient (Wildman–Crippen LogP) is 5.33. The highest BCUT2D eigenvalue weighted by Crippen LogP contribution is 2.37. The maximum atomic E-state index is 12.4. The monoisotopic (exact) mass is 371 g/mol. The van der Waals surface area contributed by atoms with Crippen LogP contribution in [-0.2, 0) is 0 Å². The summed E-state index contributed by atoms with van der Waals surface area (Å²) in [5, 5.41) is 14.4. The highest BCUT2D eigenvalue weighted by Gasteiger charge is 2.21. The summed E-state index contributed by atoms with van der Waals surface area (Å²) in [6.45, 7) is 1.93. The van der Waals surface area contributed by atoms with Crippen LogP contribution in [0.15, 0.2) is 53.9 Å². The zero-order valence-electron chi connectivity index (χ0n) is 13.2. The molecule has 0 atom stereocenters. The molecule has 2 N–H and O–H groups in total. The Labute approximate surface area is 153 Å². The zero-order chi connectivity index (χ0) is 18.0. The number of hydrogen-bond donors (Lipinski definition) is 2. The summed E-state index contributed by atoms with van der Waals surface area (Å²) < 4.78 is 0. The fourth-order valence-electron chi connectivity index (χ4n) is 2.40. The number of benzene rings is 2. The van der Waals surface area contributed by atoms with Crippen molar-refractivity contribution < 1.29 is 14.7 Å². The predicted molar refractivity (Wildman–Crippen MR) is 101 cm³/mol. The lowest BCUT2D eigenvalue weighted by Gasteiger charge is -2.07. The van der Waals surface area contributed by atoms with E-state index in [1.54, 1.807) is 41.8 Å². The van der Waals surface area contributed by atoms with Gasteiger partial charge < -0.3 is 10.4 Å². The van der Waals surface area contributed by atoms with Gasteiger partial charge in [0.25, 0.3) is 5.91 Å². The molecule has 4 nitrogen and oxygen atoms in total. The number of carbonyl (C=O) groups is 2. The number of anilines is 1. The SMILES string of the molecule is Cc1ccc(C(=O)Nc2csc(-c3cccc(Cl)c3)c2C(=O)O)cc1. The fraction of sp³-hybridized carbons (Fsp3) is 0.0526. The van der Waals surface area contributed by atoms with Gasteiger partial charge in [-0.25, -0.2) is 4.79 Å². The third-order valence-electron chi connectivity index (χ3n) is 3.65. The molecule has 0 unspecified atom stereocenters. The molecular formula is C19H14ClNO3S. The molecule has 0 radical (unpaired) electrons. The van der Waals surface area contributed by atoms with Crippen molar-refractivity contribution >= 4 is 40.5 Å². The van der Waals surface area contributed by atoms with Crippen molar-refractivity contribution in [1.82, 2.24) is 0 Å². The maximum Gasteiger partial charge on any atom is 0.339 e. The van der Waals surface area contributed by atoms with Gasteiger partial charge in [0, 0.05) is 16.0 Å². The molecule has 0 aliphatic rings. The van der Waals surface area contributed by atoms with Crippen LogP contribution in [0.4, 0.5) is 5.69 Å². The van der Waals surface area contributed by atoms with Crippen LogP contribution in [0.3, 0.4) is 0 Å². The molecule has 0 spiro atoms.